The monoisotopic (exact) mass is 354 g/mol. The first kappa shape index (κ1) is 16.1. The molecule has 0 saturated heterocycles. The maximum Gasteiger partial charge on any atom is 0.189 e. The lowest BCUT2D eigenvalue weighted by atomic mass is 9.73. The van der Waals surface area contributed by atoms with Gasteiger partial charge in [-0.2, -0.15) is 0 Å². The van der Waals surface area contributed by atoms with Crippen LogP contribution in [0, 0.1) is 5.41 Å². The Morgan fingerprint density at radius 3 is 2.07 bits per heavy atom. The van der Waals surface area contributed by atoms with Crippen LogP contribution in [0.2, 0.25) is 0 Å². The minimum atomic E-state index is -0.643. The zero-order valence-electron chi connectivity index (χ0n) is 15.8. The number of Topliss-reactive ketones (excluding diaryl/α,β-unsaturated/α-hetero) is 1. The molecule has 0 atom stereocenters. The summed E-state index contributed by atoms with van der Waals surface area (Å²) in [7, 11) is 0. The number of allylic oxidation sites excluding steroid dienone is 1. The van der Waals surface area contributed by atoms with E-state index in [1.54, 1.807) is 0 Å². The van der Waals surface area contributed by atoms with Crippen LogP contribution in [0.1, 0.15) is 36.7 Å². The molecule has 1 aliphatic carbocycles. The van der Waals surface area contributed by atoms with Crippen molar-refractivity contribution in [2.45, 2.75) is 26.4 Å². The van der Waals surface area contributed by atoms with Gasteiger partial charge in [-0.3, -0.25) is 4.79 Å². The summed E-state index contributed by atoms with van der Waals surface area (Å²) in [6.45, 7) is 6.28. The fourth-order valence-electron chi connectivity index (χ4n) is 4.30. The van der Waals surface area contributed by atoms with E-state index in [1.807, 2.05) is 24.3 Å². The van der Waals surface area contributed by atoms with Crippen molar-refractivity contribution in [2.24, 2.45) is 5.41 Å². The molecule has 5 rings (SSSR count). The van der Waals surface area contributed by atoms with Crippen LogP contribution in [-0.2, 0) is 5.66 Å². The molecular weight excluding hydrogens is 332 g/mol. The summed E-state index contributed by atoms with van der Waals surface area (Å²) in [5.41, 5.74) is 3.82. The zero-order chi connectivity index (χ0) is 18.8. The highest BCUT2D eigenvalue weighted by Gasteiger charge is 2.43. The molecule has 0 saturated carbocycles. The summed E-state index contributed by atoms with van der Waals surface area (Å²) in [4.78, 5) is 13.2. The van der Waals surface area contributed by atoms with Crippen LogP contribution in [0.25, 0.3) is 10.8 Å². The molecule has 134 valence electrons. The van der Waals surface area contributed by atoms with Gasteiger partial charge in [-0.1, -0.05) is 69.3 Å². The number of carbonyl (C=O) groups excluding carboxylic acids is 1. The number of rotatable bonds is 0. The number of fused-ring (bicyclic) bond motifs is 2. The quantitative estimate of drug-likeness (QED) is 0.544. The first-order chi connectivity index (χ1) is 12.9. The predicted octanol–water partition coefficient (Wildman–Crippen LogP) is 5.70. The van der Waals surface area contributed by atoms with Gasteiger partial charge in [0.2, 0.25) is 0 Å². The molecule has 3 aromatic rings. The Morgan fingerprint density at radius 2 is 1.44 bits per heavy atom. The second kappa shape index (κ2) is 5.23. The van der Waals surface area contributed by atoms with E-state index in [-0.39, 0.29) is 11.2 Å². The molecule has 3 nitrogen and oxygen atoms in total. The zero-order valence-corrected chi connectivity index (χ0v) is 15.8. The van der Waals surface area contributed by atoms with Gasteiger partial charge in [0.05, 0.1) is 0 Å². The van der Waals surface area contributed by atoms with Gasteiger partial charge in [-0.05, 0) is 29.0 Å². The maximum absolute atomic E-state index is 13.2. The van der Waals surface area contributed by atoms with Crippen LogP contribution in [0.3, 0.4) is 0 Å². The Labute approximate surface area is 159 Å². The molecule has 3 heteroatoms. The lowest BCUT2D eigenvalue weighted by Gasteiger charge is -2.44. The highest BCUT2D eigenvalue weighted by atomic mass is 16.1. The molecule has 0 aromatic heterocycles. The van der Waals surface area contributed by atoms with E-state index >= 15 is 0 Å². The number of hydrogen-bond acceptors (Lipinski definition) is 3. The van der Waals surface area contributed by atoms with Gasteiger partial charge in [0.25, 0.3) is 0 Å². The highest BCUT2D eigenvalue weighted by molar-refractivity contribution is 6.13. The lowest BCUT2D eigenvalue weighted by Crippen LogP contribution is -2.48. The number of nitrogens with one attached hydrogen (secondary N) is 2. The first-order valence-electron chi connectivity index (χ1n) is 9.35. The average molecular weight is 354 g/mol. The van der Waals surface area contributed by atoms with Crippen molar-refractivity contribution in [2.75, 3.05) is 10.6 Å². The fourth-order valence-corrected chi connectivity index (χ4v) is 4.30. The molecule has 1 heterocycles. The molecule has 1 aliphatic heterocycles. The standard InChI is InChI=1S/C24H22N2O/c1-23(2,3)18-14-24(17-11-5-4-10-16(17)22(18)27)25-19-12-6-8-15-9-7-13-20(26-24)21(15)19/h4-14,25-26H,1-3H3. The second-order valence-electron chi connectivity index (χ2n) is 8.45. The van der Waals surface area contributed by atoms with E-state index in [0.29, 0.717) is 0 Å². The molecule has 0 radical (unpaired) electrons. The second-order valence-corrected chi connectivity index (χ2v) is 8.45. The predicted molar refractivity (Wildman–Crippen MR) is 111 cm³/mol. The van der Waals surface area contributed by atoms with Gasteiger partial charge >= 0.3 is 0 Å². The van der Waals surface area contributed by atoms with Crippen molar-refractivity contribution in [1.29, 1.82) is 0 Å². The molecule has 2 aliphatic rings. The van der Waals surface area contributed by atoms with Gasteiger partial charge in [0.15, 0.2) is 11.4 Å². The first-order valence-corrected chi connectivity index (χ1v) is 9.35. The Balaban J connectivity index is 1.80. The SMILES string of the molecule is CC(C)(C)C1=CC2(Nc3cccc4cccc(c34)N2)c2ccccc2C1=O. The van der Waals surface area contributed by atoms with E-state index < -0.39 is 5.66 Å². The Hall–Kier alpha value is -3.07. The molecular formula is C24H22N2O. The van der Waals surface area contributed by atoms with Crippen LogP contribution >= 0.6 is 0 Å². The third-order valence-corrected chi connectivity index (χ3v) is 5.58. The maximum atomic E-state index is 13.2. The van der Waals surface area contributed by atoms with E-state index in [9.17, 15) is 4.79 Å². The van der Waals surface area contributed by atoms with Gasteiger partial charge in [0, 0.05) is 33.5 Å². The molecule has 0 unspecified atom stereocenters. The van der Waals surface area contributed by atoms with E-state index in [4.69, 9.17) is 0 Å². The van der Waals surface area contributed by atoms with Gasteiger partial charge in [-0.15, -0.1) is 0 Å². The Kier molecular flexibility index (Phi) is 3.12. The Morgan fingerprint density at radius 1 is 0.815 bits per heavy atom. The van der Waals surface area contributed by atoms with E-state index in [0.717, 1.165) is 28.1 Å². The lowest BCUT2D eigenvalue weighted by molar-refractivity contribution is 0.100. The topological polar surface area (TPSA) is 41.1 Å². The van der Waals surface area contributed by atoms with E-state index in [2.05, 4.69) is 73.9 Å². The third kappa shape index (κ3) is 2.24. The summed E-state index contributed by atoms with van der Waals surface area (Å²) < 4.78 is 0. The largest absolute Gasteiger partial charge is 0.355 e. The minimum absolute atomic E-state index is 0.115. The Bertz CT molecular complexity index is 1090. The van der Waals surface area contributed by atoms with Gasteiger partial charge in [-0.25, -0.2) is 0 Å². The van der Waals surface area contributed by atoms with Crippen LogP contribution < -0.4 is 10.6 Å². The molecule has 3 aromatic carbocycles. The van der Waals surface area contributed by atoms with Crippen molar-refractivity contribution in [3.05, 3.63) is 83.4 Å². The van der Waals surface area contributed by atoms with Crippen LogP contribution in [0.5, 0.6) is 0 Å². The van der Waals surface area contributed by atoms with Crippen molar-refractivity contribution in [1.82, 2.24) is 0 Å². The van der Waals surface area contributed by atoms with Crippen molar-refractivity contribution < 1.29 is 4.79 Å². The fraction of sp³-hybridized carbons (Fsp3) is 0.208. The number of ketones is 1. The molecule has 27 heavy (non-hydrogen) atoms. The van der Waals surface area contributed by atoms with Crippen LogP contribution in [0.15, 0.2) is 72.3 Å². The summed E-state index contributed by atoms with van der Waals surface area (Å²) in [6, 6.07) is 20.5. The minimum Gasteiger partial charge on any atom is -0.355 e. The number of hydrogen-bond donors (Lipinski definition) is 2. The molecule has 0 amide bonds. The molecule has 0 bridgehead atoms. The normalized spacial score (nSPS) is 17.1. The smallest absolute Gasteiger partial charge is 0.189 e. The average Bonchev–Trinajstić information content (AvgIpc) is 2.64. The summed E-state index contributed by atoms with van der Waals surface area (Å²) >= 11 is 0. The van der Waals surface area contributed by atoms with Crippen molar-refractivity contribution in [3.63, 3.8) is 0 Å². The number of carbonyl (C=O) groups is 1. The number of anilines is 2. The van der Waals surface area contributed by atoms with E-state index in [1.165, 1.54) is 10.8 Å². The molecule has 2 N–H and O–H groups in total. The van der Waals surface area contributed by atoms with Gasteiger partial charge in [0.1, 0.15) is 0 Å². The van der Waals surface area contributed by atoms with Crippen molar-refractivity contribution >= 4 is 27.9 Å². The summed E-state index contributed by atoms with van der Waals surface area (Å²) in [5, 5.41) is 9.81. The van der Waals surface area contributed by atoms with Crippen molar-refractivity contribution in [3.8, 4) is 0 Å². The summed E-state index contributed by atoms with van der Waals surface area (Å²) in [6.07, 6.45) is 2.09. The third-order valence-electron chi connectivity index (χ3n) is 5.58. The van der Waals surface area contributed by atoms with Gasteiger partial charge < -0.3 is 10.6 Å². The van der Waals surface area contributed by atoms with Crippen LogP contribution in [0.4, 0.5) is 11.4 Å². The molecule has 1 spiro atoms. The number of benzene rings is 3. The molecule has 0 fully saturated rings. The summed E-state index contributed by atoms with van der Waals surface area (Å²) in [5.74, 6) is 0.115. The van der Waals surface area contributed by atoms with Crippen LogP contribution in [-0.4, -0.2) is 5.78 Å². The highest BCUT2D eigenvalue weighted by Crippen LogP contribution is 2.47.